The standard InChI is InChI=1S/C7H15NO3/c9-4-5-2-8-3-6(10)1-7(5)11/h5-11H,1-4H2/t5-,6+,7+/m0/s1. The smallest absolute Gasteiger partial charge is 0.0689 e. The number of aliphatic hydroxyl groups excluding tert-OH is 3. The molecule has 0 bridgehead atoms. The fraction of sp³-hybridized carbons (Fsp3) is 1.00. The Hall–Kier alpha value is -0.160. The van der Waals surface area contributed by atoms with Crippen LogP contribution in [0.2, 0.25) is 0 Å². The zero-order chi connectivity index (χ0) is 8.27. The molecule has 4 N–H and O–H groups in total. The first-order chi connectivity index (χ1) is 5.24. The molecule has 11 heavy (non-hydrogen) atoms. The van der Waals surface area contributed by atoms with Gasteiger partial charge in [-0.2, -0.15) is 0 Å². The lowest BCUT2D eigenvalue weighted by Crippen LogP contribution is -2.30. The van der Waals surface area contributed by atoms with Gasteiger partial charge in [-0.25, -0.2) is 0 Å². The van der Waals surface area contributed by atoms with Crippen molar-refractivity contribution in [3.63, 3.8) is 0 Å². The van der Waals surface area contributed by atoms with Gasteiger partial charge in [0.05, 0.1) is 12.2 Å². The molecule has 1 saturated heterocycles. The van der Waals surface area contributed by atoms with Crippen LogP contribution in [-0.2, 0) is 0 Å². The van der Waals surface area contributed by atoms with Crippen LogP contribution in [0.15, 0.2) is 0 Å². The zero-order valence-corrected chi connectivity index (χ0v) is 6.40. The molecule has 0 aliphatic carbocycles. The molecular formula is C7H15NO3. The maximum Gasteiger partial charge on any atom is 0.0689 e. The van der Waals surface area contributed by atoms with Crippen molar-refractivity contribution in [3.8, 4) is 0 Å². The molecule has 0 spiro atoms. The van der Waals surface area contributed by atoms with Gasteiger partial charge in [-0.3, -0.25) is 0 Å². The topological polar surface area (TPSA) is 72.7 Å². The van der Waals surface area contributed by atoms with Gasteiger partial charge >= 0.3 is 0 Å². The average Bonchev–Trinajstić information content (AvgIpc) is 2.11. The second kappa shape index (κ2) is 4.01. The Balaban J connectivity index is 2.43. The maximum atomic E-state index is 9.36. The van der Waals surface area contributed by atoms with Gasteiger partial charge in [0.2, 0.25) is 0 Å². The Labute approximate surface area is 65.9 Å². The average molecular weight is 161 g/mol. The molecule has 4 nitrogen and oxygen atoms in total. The van der Waals surface area contributed by atoms with Gasteiger partial charge in [-0.05, 0) is 0 Å². The fourth-order valence-electron chi connectivity index (χ4n) is 1.31. The third kappa shape index (κ3) is 2.41. The van der Waals surface area contributed by atoms with Crippen molar-refractivity contribution >= 4 is 0 Å². The van der Waals surface area contributed by atoms with Crippen molar-refractivity contribution in [2.75, 3.05) is 19.7 Å². The zero-order valence-electron chi connectivity index (χ0n) is 6.40. The molecule has 1 aliphatic heterocycles. The molecule has 1 rings (SSSR count). The highest BCUT2D eigenvalue weighted by molar-refractivity contribution is 4.78. The third-order valence-electron chi connectivity index (χ3n) is 2.08. The summed E-state index contributed by atoms with van der Waals surface area (Å²) in [5.74, 6) is -0.132. The quantitative estimate of drug-likeness (QED) is 0.370. The van der Waals surface area contributed by atoms with Crippen LogP contribution in [0.3, 0.4) is 0 Å². The van der Waals surface area contributed by atoms with E-state index in [1.54, 1.807) is 0 Å². The molecule has 1 aliphatic rings. The van der Waals surface area contributed by atoms with E-state index in [9.17, 15) is 5.11 Å². The molecule has 0 amide bonds. The van der Waals surface area contributed by atoms with Crippen molar-refractivity contribution in [2.45, 2.75) is 18.6 Å². The molecule has 3 atom stereocenters. The van der Waals surface area contributed by atoms with Gasteiger partial charge in [-0.1, -0.05) is 0 Å². The molecule has 0 saturated carbocycles. The summed E-state index contributed by atoms with van der Waals surface area (Å²) in [4.78, 5) is 0. The Morgan fingerprint density at radius 1 is 1.27 bits per heavy atom. The summed E-state index contributed by atoms with van der Waals surface area (Å²) in [5.41, 5.74) is 0. The Morgan fingerprint density at radius 3 is 2.64 bits per heavy atom. The van der Waals surface area contributed by atoms with Crippen molar-refractivity contribution in [1.82, 2.24) is 5.32 Å². The predicted octanol–water partition coefficient (Wildman–Crippen LogP) is -1.69. The summed E-state index contributed by atoms with van der Waals surface area (Å²) >= 11 is 0. The van der Waals surface area contributed by atoms with Crippen LogP contribution < -0.4 is 5.32 Å². The summed E-state index contributed by atoms with van der Waals surface area (Å²) in [7, 11) is 0. The number of nitrogens with one attached hydrogen (secondary N) is 1. The van der Waals surface area contributed by atoms with Crippen LogP contribution in [0.1, 0.15) is 6.42 Å². The highest BCUT2D eigenvalue weighted by Gasteiger charge is 2.24. The molecule has 0 aromatic rings. The van der Waals surface area contributed by atoms with Crippen LogP contribution in [-0.4, -0.2) is 47.2 Å². The van der Waals surface area contributed by atoms with E-state index in [1.807, 2.05) is 0 Å². The number of β-amino-alcohol motifs (C(OH)–C–C–N with tert-alkyl or cyclic N) is 1. The molecule has 66 valence electrons. The van der Waals surface area contributed by atoms with Crippen LogP contribution in [0.5, 0.6) is 0 Å². The summed E-state index contributed by atoms with van der Waals surface area (Å²) in [6.07, 6.45) is -0.704. The van der Waals surface area contributed by atoms with Crippen LogP contribution >= 0.6 is 0 Å². The predicted molar refractivity (Wildman–Crippen MR) is 40.1 cm³/mol. The number of hydrogen-bond acceptors (Lipinski definition) is 4. The largest absolute Gasteiger partial charge is 0.396 e. The summed E-state index contributed by atoms with van der Waals surface area (Å²) < 4.78 is 0. The van der Waals surface area contributed by atoms with Crippen LogP contribution in [0, 0.1) is 5.92 Å². The maximum absolute atomic E-state index is 9.36. The lowest BCUT2D eigenvalue weighted by Gasteiger charge is -2.17. The number of aliphatic hydroxyl groups is 3. The van der Waals surface area contributed by atoms with E-state index in [0.717, 1.165) is 0 Å². The lowest BCUT2D eigenvalue weighted by molar-refractivity contribution is 0.0409. The van der Waals surface area contributed by atoms with Crippen molar-refractivity contribution in [2.24, 2.45) is 5.92 Å². The third-order valence-corrected chi connectivity index (χ3v) is 2.08. The second-order valence-electron chi connectivity index (χ2n) is 3.06. The number of hydrogen-bond donors (Lipinski definition) is 4. The Morgan fingerprint density at radius 2 is 2.00 bits per heavy atom. The second-order valence-corrected chi connectivity index (χ2v) is 3.06. The summed E-state index contributed by atoms with van der Waals surface area (Å²) in [5, 5.41) is 30.3. The minimum atomic E-state index is -0.579. The first-order valence-corrected chi connectivity index (χ1v) is 3.91. The summed E-state index contributed by atoms with van der Waals surface area (Å²) in [6, 6.07) is 0. The molecule has 1 fully saturated rings. The van der Waals surface area contributed by atoms with E-state index in [1.165, 1.54) is 0 Å². The molecule has 0 unspecified atom stereocenters. The molecule has 4 heteroatoms. The van der Waals surface area contributed by atoms with E-state index >= 15 is 0 Å². The molecule has 0 radical (unpaired) electrons. The van der Waals surface area contributed by atoms with Crippen LogP contribution in [0.25, 0.3) is 0 Å². The monoisotopic (exact) mass is 161 g/mol. The van der Waals surface area contributed by atoms with Crippen molar-refractivity contribution < 1.29 is 15.3 Å². The Bertz CT molecular complexity index is 120. The molecular weight excluding hydrogens is 146 g/mol. The van der Waals surface area contributed by atoms with Gasteiger partial charge in [0.15, 0.2) is 0 Å². The summed E-state index contributed by atoms with van der Waals surface area (Å²) in [6.45, 7) is 1.06. The van der Waals surface area contributed by atoms with Gasteiger partial charge in [-0.15, -0.1) is 0 Å². The minimum Gasteiger partial charge on any atom is -0.396 e. The number of rotatable bonds is 1. The van der Waals surface area contributed by atoms with E-state index in [0.29, 0.717) is 19.5 Å². The van der Waals surface area contributed by atoms with E-state index in [2.05, 4.69) is 5.32 Å². The highest BCUT2D eigenvalue weighted by Crippen LogP contribution is 2.11. The highest BCUT2D eigenvalue weighted by atomic mass is 16.3. The lowest BCUT2D eigenvalue weighted by atomic mass is 10.0. The SMILES string of the molecule is OC[C@@H]1CNC[C@H](O)C[C@H]1O. The Kier molecular flexibility index (Phi) is 3.26. The van der Waals surface area contributed by atoms with E-state index in [-0.39, 0.29) is 12.5 Å². The normalized spacial score (nSPS) is 40.1. The van der Waals surface area contributed by atoms with Crippen LogP contribution in [0.4, 0.5) is 0 Å². The minimum absolute atomic E-state index is 0.0269. The first kappa shape index (κ1) is 8.93. The van der Waals surface area contributed by atoms with Crippen molar-refractivity contribution in [3.05, 3.63) is 0 Å². The van der Waals surface area contributed by atoms with Gasteiger partial charge in [0.1, 0.15) is 0 Å². The van der Waals surface area contributed by atoms with Gasteiger partial charge < -0.3 is 20.6 Å². The fourth-order valence-corrected chi connectivity index (χ4v) is 1.31. The molecule has 1 heterocycles. The van der Waals surface area contributed by atoms with E-state index < -0.39 is 12.2 Å². The van der Waals surface area contributed by atoms with Gasteiger partial charge in [0.25, 0.3) is 0 Å². The van der Waals surface area contributed by atoms with E-state index in [4.69, 9.17) is 10.2 Å². The molecule has 0 aromatic heterocycles. The van der Waals surface area contributed by atoms with Gasteiger partial charge in [0, 0.05) is 32.0 Å². The first-order valence-electron chi connectivity index (χ1n) is 3.91. The molecule has 0 aromatic carbocycles. The van der Waals surface area contributed by atoms with Crippen molar-refractivity contribution in [1.29, 1.82) is 0 Å².